The van der Waals surface area contributed by atoms with Crippen molar-refractivity contribution in [1.82, 2.24) is 0 Å². The SMILES string of the molecule is NCC1(c2ccc(OC(F)F)cc2)CCCC1. The summed E-state index contributed by atoms with van der Waals surface area (Å²) in [6.45, 7) is -2.15. The van der Waals surface area contributed by atoms with Crippen molar-refractivity contribution in [2.45, 2.75) is 37.7 Å². The van der Waals surface area contributed by atoms with Gasteiger partial charge >= 0.3 is 6.61 Å². The number of hydrogen-bond acceptors (Lipinski definition) is 2. The zero-order valence-electron chi connectivity index (χ0n) is 9.66. The number of alkyl halides is 2. The summed E-state index contributed by atoms with van der Waals surface area (Å²) in [4.78, 5) is 0. The highest BCUT2D eigenvalue weighted by Gasteiger charge is 2.34. The fourth-order valence-electron chi connectivity index (χ4n) is 2.65. The fourth-order valence-corrected chi connectivity index (χ4v) is 2.65. The van der Waals surface area contributed by atoms with E-state index in [9.17, 15) is 8.78 Å². The van der Waals surface area contributed by atoms with E-state index in [0.29, 0.717) is 6.54 Å². The third kappa shape index (κ3) is 2.57. The molecular formula is C13H17F2NO. The number of ether oxygens (including phenoxy) is 1. The molecule has 1 aliphatic rings. The van der Waals surface area contributed by atoms with Gasteiger partial charge in [-0.3, -0.25) is 0 Å². The molecule has 1 aromatic carbocycles. The first-order chi connectivity index (χ1) is 8.16. The topological polar surface area (TPSA) is 35.2 Å². The molecule has 0 aromatic heterocycles. The molecule has 1 saturated carbocycles. The first-order valence-corrected chi connectivity index (χ1v) is 5.92. The second kappa shape index (κ2) is 5.00. The molecule has 1 aromatic rings. The molecule has 2 rings (SSSR count). The Bertz CT molecular complexity index is 358. The minimum absolute atomic E-state index is 0.0450. The molecule has 0 atom stereocenters. The molecule has 2 nitrogen and oxygen atoms in total. The van der Waals surface area contributed by atoms with Gasteiger partial charge in [-0.15, -0.1) is 0 Å². The minimum atomic E-state index is -2.77. The lowest BCUT2D eigenvalue weighted by molar-refractivity contribution is -0.0498. The maximum absolute atomic E-state index is 12.0. The van der Waals surface area contributed by atoms with Gasteiger partial charge in [0.2, 0.25) is 0 Å². The van der Waals surface area contributed by atoms with Crippen molar-refractivity contribution in [1.29, 1.82) is 0 Å². The Labute approximate surface area is 99.8 Å². The Balaban J connectivity index is 2.16. The number of rotatable bonds is 4. The Kier molecular flexibility index (Phi) is 3.62. The molecule has 0 aliphatic heterocycles. The van der Waals surface area contributed by atoms with Crippen LogP contribution in [0.15, 0.2) is 24.3 Å². The molecule has 94 valence electrons. The lowest BCUT2D eigenvalue weighted by atomic mass is 9.79. The van der Waals surface area contributed by atoms with E-state index in [1.165, 1.54) is 12.8 Å². The van der Waals surface area contributed by atoms with Crippen molar-refractivity contribution < 1.29 is 13.5 Å². The summed E-state index contributed by atoms with van der Waals surface area (Å²) in [5.41, 5.74) is 7.05. The van der Waals surface area contributed by atoms with Crippen LogP contribution in [0.5, 0.6) is 5.75 Å². The molecule has 1 aliphatic carbocycles. The van der Waals surface area contributed by atoms with Crippen LogP contribution in [0.1, 0.15) is 31.2 Å². The first-order valence-electron chi connectivity index (χ1n) is 5.92. The Hall–Kier alpha value is -1.16. The molecule has 17 heavy (non-hydrogen) atoms. The van der Waals surface area contributed by atoms with E-state index < -0.39 is 6.61 Å². The van der Waals surface area contributed by atoms with E-state index in [4.69, 9.17) is 5.73 Å². The maximum Gasteiger partial charge on any atom is 0.387 e. The number of nitrogens with two attached hydrogens (primary N) is 1. The van der Waals surface area contributed by atoms with E-state index in [-0.39, 0.29) is 11.2 Å². The van der Waals surface area contributed by atoms with Gasteiger partial charge in [0.15, 0.2) is 0 Å². The van der Waals surface area contributed by atoms with Crippen molar-refractivity contribution in [3.05, 3.63) is 29.8 Å². The molecular weight excluding hydrogens is 224 g/mol. The lowest BCUT2D eigenvalue weighted by Gasteiger charge is -2.27. The van der Waals surface area contributed by atoms with Crippen LogP contribution in [0, 0.1) is 0 Å². The van der Waals surface area contributed by atoms with E-state index in [0.717, 1.165) is 18.4 Å². The molecule has 2 N–H and O–H groups in total. The quantitative estimate of drug-likeness (QED) is 0.879. The van der Waals surface area contributed by atoms with Crippen LogP contribution in [-0.4, -0.2) is 13.2 Å². The van der Waals surface area contributed by atoms with Crippen LogP contribution >= 0.6 is 0 Å². The van der Waals surface area contributed by atoms with Crippen molar-refractivity contribution in [3.8, 4) is 5.75 Å². The molecule has 0 spiro atoms. The van der Waals surface area contributed by atoms with Crippen LogP contribution in [-0.2, 0) is 5.41 Å². The Morgan fingerprint density at radius 1 is 1.18 bits per heavy atom. The van der Waals surface area contributed by atoms with Crippen molar-refractivity contribution >= 4 is 0 Å². The van der Waals surface area contributed by atoms with E-state index >= 15 is 0 Å². The van der Waals surface area contributed by atoms with Crippen LogP contribution in [0.25, 0.3) is 0 Å². The van der Waals surface area contributed by atoms with Crippen molar-refractivity contribution in [2.75, 3.05) is 6.54 Å². The Morgan fingerprint density at radius 3 is 2.24 bits per heavy atom. The third-order valence-electron chi connectivity index (χ3n) is 3.64. The van der Waals surface area contributed by atoms with Crippen LogP contribution in [0.2, 0.25) is 0 Å². The van der Waals surface area contributed by atoms with Crippen molar-refractivity contribution in [2.24, 2.45) is 5.73 Å². The maximum atomic E-state index is 12.0. The molecule has 0 heterocycles. The molecule has 0 unspecified atom stereocenters. The zero-order chi connectivity index (χ0) is 12.3. The average molecular weight is 241 g/mol. The van der Waals surface area contributed by atoms with Gasteiger partial charge < -0.3 is 10.5 Å². The van der Waals surface area contributed by atoms with E-state index in [1.54, 1.807) is 12.1 Å². The monoisotopic (exact) mass is 241 g/mol. The van der Waals surface area contributed by atoms with Gasteiger partial charge in [-0.25, -0.2) is 0 Å². The summed E-state index contributed by atoms with van der Waals surface area (Å²) in [5, 5.41) is 0. The standard InChI is InChI=1S/C13H17F2NO/c14-12(15)17-11-5-3-10(4-6-11)13(9-16)7-1-2-8-13/h3-6,12H,1-2,7-9,16H2. The predicted molar refractivity (Wildman–Crippen MR) is 62.3 cm³/mol. The normalized spacial score (nSPS) is 18.6. The second-order valence-corrected chi connectivity index (χ2v) is 4.59. The third-order valence-corrected chi connectivity index (χ3v) is 3.64. The highest BCUT2D eigenvalue weighted by molar-refractivity contribution is 5.33. The largest absolute Gasteiger partial charge is 0.435 e. The predicted octanol–water partition coefficient (Wildman–Crippen LogP) is 3.06. The molecule has 4 heteroatoms. The van der Waals surface area contributed by atoms with Gasteiger partial charge in [-0.1, -0.05) is 25.0 Å². The molecule has 0 bridgehead atoms. The summed E-state index contributed by atoms with van der Waals surface area (Å²) >= 11 is 0. The van der Waals surface area contributed by atoms with Crippen LogP contribution < -0.4 is 10.5 Å². The summed E-state index contributed by atoms with van der Waals surface area (Å²) in [6.07, 6.45) is 4.54. The smallest absolute Gasteiger partial charge is 0.387 e. The number of hydrogen-bond donors (Lipinski definition) is 1. The molecule has 1 fully saturated rings. The van der Waals surface area contributed by atoms with Crippen LogP contribution in [0.4, 0.5) is 8.78 Å². The van der Waals surface area contributed by atoms with E-state index in [1.807, 2.05) is 12.1 Å². The molecule has 0 saturated heterocycles. The van der Waals surface area contributed by atoms with Gasteiger partial charge in [-0.05, 0) is 30.5 Å². The fraction of sp³-hybridized carbons (Fsp3) is 0.538. The average Bonchev–Trinajstić information content (AvgIpc) is 2.79. The van der Waals surface area contributed by atoms with Crippen molar-refractivity contribution in [3.63, 3.8) is 0 Å². The number of halogens is 2. The summed E-state index contributed by atoms with van der Waals surface area (Å²) in [7, 11) is 0. The Morgan fingerprint density at radius 2 is 1.76 bits per heavy atom. The zero-order valence-corrected chi connectivity index (χ0v) is 9.66. The van der Waals surface area contributed by atoms with Gasteiger partial charge in [0.05, 0.1) is 0 Å². The minimum Gasteiger partial charge on any atom is -0.435 e. The highest BCUT2D eigenvalue weighted by Crippen LogP contribution is 2.40. The molecule has 0 radical (unpaired) electrons. The second-order valence-electron chi connectivity index (χ2n) is 4.59. The molecule has 0 amide bonds. The number of benzene rings is 1. The lowest BCUT2D eigenvalue weighted by Crippen LogP contribution is -2.31. The summed E-state index contributed by atoms with van der Waals surface area (Å²) in [6, 6.07) is 6.90. The van der Waals surface area contributed by atoms with Gasteiger partial charge in [-0.2, -0.15) is 8.78 Å². The summed E-state index contributed by atoms with van der Waals surface area (Å²) < 4.78 is 28.4. The first kappa shape index (κ1) is 12.3. The van der Waals surface area contributed by atoms with Gasteiger partial charge in [0.1, 0.15) is 5.75 Å². The van der Waals surface area contributed by atoms with Crippen LogP contribution in [0.3, 0.4) is 0 Å². The van der Waals surface area contributed by atoms with Gasteiger partial charge in [0, 0.05) is 12.0 Å². The highest BCUT2D eigenvalue weighted by atomic mass is 19.3. The van der Waals surface area contributed by atoms with E-state index in [2.05, 4.69) is 4.74 Å². The van der Waals surface area contributed by atoms with Gasteiger partial charge in [0.25, 0.3) is 0 Å². The summed E-state index contributed by atoms with van der Waals surface area (Å²) in [5.74, 6) is 0.203.